The summed E-state index contributed by atoms with van der Waals surface area (Å²) in [6.45, 7) is 9.30. The molecule has 1 heterocycles. The number of morpholine rings is 1. The molecule has 3 unspecified atom stereocenters. The molecule has 1 saturated heterocycles. The molecule has 0 radical (unpaired) electrons. The molecule has 14 nitrogen and oxygen atoms in total. The second kappa shape index (κ2) is 23.1. The Morgan fingerprint density at radius 1 is 0.833 bits per heavy atom. The van der Waals surface area contributed by atoms with Gasteiger partial charge in [0.05, 0.1) is 19.8 Å². The van der Waals surface area contributed by atoms with Crippen molar-refractivity contribution in [2.24, 2.45) is 5.92 Å². The second-order valence-corrected chi connectivity index (χ2v) is 15.9. The number of imide groups is 1. The number of unbranched alkanes of at least 4 members (excludes halogenated alkanes) is 2. The maximum Gasteiger partial charge on any atom is 0.407 e. The second-order valence-electron chi connectivity index (χ2n) is 15.9. The van der Waals surface area contributed by atoms with Gasteiger partial charge in [-0.2, -0.15) is 0 Å². The number of ether oxygens (including phenoxy) is 3. The first kappa shape index (κ1) is 46.9. The monoisotopic (exact) mass is 827 g/mol. The number of rotatable bonds is 19. The van der Waals surface area contributed by atoms with Crippen LogP contribution in [0.4, 0.5) is 9.59 Å². The smallest absolute Gasteiger partial charge is 0.407 e. The van der Waals surface area contributed by atoms with Crippen LogP contribution < -0.4 is 21.3 Å². The molecule has 0 aliphatic carbocycles. The van der Waals surface area contributed by atoms with Crippen molar-refractivity contribution in [3.63, 3.8) is 0 Å². The lowest BCUT2D eigenvalue weighted by atomic mass is 9.76. The summed E-state index contributed by atoms with van der Waals surface area (Å²) in [6.07, 6.45) is 1.30. The van der Waals surface area contributed by atoms with Crippen LogP contribution in [0.25, 0.3) is 11.1 Å². The zero-order valence-corrected chi connectivity index (χ0v) is 35.6. The summed E-state index contributed by atoms with van der Waals surface area (Å²) >= 11 is 0. The van der Waals surface area contributed by atoms with E-state index in [2.05, 4.69) is 21.3 Å². The molecule has 1 fully saturated rings. The Kier molecular flexibility index (Phi) is 18.1. The van der Waals surface area contributed by atoms with Gasteiger partial charge in [0.1, 0.15) is 17.2 Å². The quantitative estimate of drug-likeness (QED) is 0.0868. The first-order valence-electron chi connectivity index (χ1n) is 20.8. The summed E-state index contributed by atoms with van der Waals surface area (Å²) in [6, 6.07) is 24.1. The van der Waals surface area contributed by atoms with Crippen LogP contribution >= 0.6 is 0 Å². The van der Waals surface area contributed by atoms with Gasteiger partial charge >= 0.3 is 18.1 Å². The Bertz CT molecular complexity index is 1880. The van der Waals surface area contributed by atoms with Crippen molar-refractivity contribution in [1.82, 2.24) is 26.2 Å². The lowest BCUT2D eigenvalue weighted by Crippen LogP contribution is -2.69. The molecule has 6 amide bonds. The number of urea groups is 1. The zero-order chi connectivity index (χ0) is 43.5. The van der Waals surface area contributed by atoms with Gasteiger partial charge in [-0.1, -0.05) is 112 Å². The van der Waals surface area contributed by atoms with Crippen LogP contribution in [-0.4, -0.2) is 97.4 Å². The number of benzene rings is 3. The lowest BCUT2D eigenvalue weighted by Gasteiger charge is -2.41. The molecule has 3 aromatic carbocycles. The first-order chi connectivity index (χ1) is 28.7. The van der Waals surface area contributed by atoms with Crippen molar-refractivity contribution >= 4 is 35.8 Å². The third kappa shape index (κ3) is 14.5. The Balaban J connectivity index is 1.90. The Morgan fingerprint density at radius 2 is 1.48 bits per heavy atom. The van der Waals surface area contributed by atoms with E-state index in [0.29, 0.717) is 30.8 Å². The lowest BCUT2D eigenvalue weighted by molar-refractivity contribution is -0.148. The molecule has 3 aromatic rings. The molecule has 0 aromatic heterocycles. The van der Waals surface area contributed by atoms with E-state index in [1.165, 1.54) is 4.90 Å². The maximum absolute atomic E-state index is 15.6. The number of carbonyl (C=O) groups excluding carboxylic acids is 6. The minimum absolute atomic E-state index is 0.0123. The molecule has 60 heavy (non-hydrogen) atoms. The van der Waals surface area contributed by atoms with Crippen LogP contribution in [0.15, 0.2) is 84.9 Å². The summed E-state index contributed by atoms with van der Waals surface area (Å²) in [5.74, 6) is -3.68. The molecule has 1 aliphatic rings. The van der Waals surface area contributed by atoms with Gasteiger partial charge in [0.25, 0.3) is 5.91 Å². The average Bonchev–Trinajstić information content (AvgIpc) is 3.23. The molecular formula is C46H61N5O9. The van der Waals surface area contributed by atoms with E-state index in [1.54, 1.807) is 52.0 Å². The molecule has 0 spiro atoms. The van der Waals surface area contributed by atoms with Crippen molar-refractivity contribution < 1.29 is 43.0 Å². The molecule has 1 aliphatic heterocycles. The third-order valence-corrected chi connectivity index (χ3v) is 10.1. The normalized spacial score (nSPS) is 14.7. The van der Waals surface area contributed by atoms with Crippen molar-refractivity contribution in [3.8, 4) is 11.1 Å². The van der Waals surface area contributed by atoms with E-state index >= 15 is 4.79 Å². The molecule has 4 rings (SSSR count). The van der Waals surface area contributed by atoms with Crippen molar-refractivity contribution in [3.05, 3.63) is 96.1 Å². The van der Waals surface area contributed by atoms with Crippen LogP contribution in [0.1, 0.15) is 77.8 Å². The van der Waals surface area contributed by atoms with Crippen molar-refractivity contribution in [2.75, 3.05) is 39.5 Å². The van der Waals surface area contributed by atoms with Crippen LogP contribution in [0.5, 0.6) is 0 Å². The van der Waals surface area contributed by atoms with Crippen LogP contribution in [0, 0.1) is 5.92 Å². The summed E-state index contributed by atoms with van der Waals surface area (Å²) in [5.41, 5.74) is 0.140. The first-order valence-corrected chi connectivity index (χ1v) is 20.8. The van der Waals surface area contributed by atoms with Gasteiger partial charge in [-0.25, -0.2) is 9.59 Å². The number of nitrogens with one attached hydrogen (secondary N) is 4. The average molecular weight is 828 g/mol. The predicted octanol–water partition coefficient (Wildman–Crippen LogP) is 5.72. The maximum atomic E-state index is 15.6. The third-order valence-electron chi connectivity index (χ3n) is 10.1. The van der Waals surface area contributed by atoms with Gasteiger partial charge < -0.3 is 35.1 Å². The number of hydrogen-bond acceptors (Lipinski definition) is 9. The molecule has 324 valence electrons. The van der Waals surface area contributed by atoms with E-state index in [-0.39, 0.29) is 45.3 Å². The Morgan fingerprint density at radius 3 is 2.13 bits per heavy atom. The number of hydrogen-bond donors (Lipinski definition) is 4. The minimum atomic E-state index is -1.97. The fourth-order valence-corrected chi connectivity index (χ4v) is 6.91. The molecule has 0 saturated carbocycles. The van der Waals surface area contributed by atoms with E-state index < -0.39 is 65.5 Å². The zero-order valence-electron chi connectivity index (χ0n) is 35.6. The standard InChI is InChI=1S/C46H61N5O9/c1-6-8-11-24-39(52)50-46(30-35-22-16-17-23-37(35)34-20-14-10-15-21-34,36(32-59-40(53)7-2)31-47-44(57)60-45(3,4)5)42(55)48-38(29-33-18-12-9-13-19-33)41(54)49-43(56)51-25-27-58-28-26-51/h9-10,12-23,36,38H,6-8,11,24-32H2,1-5H3,(H,47,57)(H,48,55)(H,50,52)(H,49,54,56). The topological polar surface area (TPSA) is 181 Å². The molecular weight excluding hydrogens is 767 g/mol. The van der Waals surface area contributed by atoms with Crippen LogP contribution in [-0.2, 0) is 46.2 Å². The number of esters is 1. The van der Waals surface area contributed by atoms with Gasteiger partial charge in [-0.05, 0) is 49.4 Å². The van der Waals surface area contributed by atoms with Crippen LogP contribution in [0.3, 0.4) is 0 Å². The summed E-state index contributed by atoms with van der Waals surface area (Å²) in [4.78, 5) is 84.8. The largest absolute Gasteiger partial charge is 0.465 e. The number of carbonyl (C=O) groups is 6. The van der Waals surface area contributed by atoms with Crippen LogP contribution in [0.2, 0.25) is 0 Å². The van der Waals surface area contributed by atoms with Crippen molar-refractivity contribution in [1.29, 1.82) is 0 Å². The van der Waals surface area contributed by atoms with Gasteiger partial charge in [-0.3, -0.25) is 24.5 Å². The summed E-state index contributed by atoms with van der Waals surface area (Å²) < 4.78 is 16.7. The van der Waals surface area contributed by atoms with E-state index in [4.69, 9.17) is 14.2 Å². The van der Waals surface area contributed by atoms with Gasteiger partial charge in [0.15, 0.2) is 0 Å². The highest BCUT2D eigenvalue weighted by atomic mass is 16.6. The highest BCUT2D eigenvalue weighted by Crippen LogP contribution is 2.32. The van der Waals surface area contributed by atoms with Gasteiger partial charge in [0.2, 0.25) is 11.8 Å². The van der Waals surface area contributed by atoms with Gasteiger partial charge in [-0.15, -0.1) is 0 Å². The fraction of sp³-hybridized carbons (Fsp3) is 0.478. The highest BCUT2D eigenvalue weighted by Gasteiger charge is 2.49. The summed E-state index contributed by atoms with van der Waals surface area (Å²) in [7, 11) is 0. The van der Waals surface area contributed by atoms with E-state index in [0.717, 1.165) is 24.0 Å². The molecule has 3 atom stereocenters. The van der Waals surface area contributed by atoms with Gasteiger partial charge in [0, 0.05) is 51.2 Å². The predicted molar refractivity (Wildman–Crippen MR) is 228 cm³/mol. The Hall–Kier alpha value is -5.76. The molecule has 4 N–H and O–H groups in total. The summed E-state index contributed by atoms with van der Waals surface area (Å²) in [5, 5.41) is 11.2. The molecule has 0 bridgehead atoms. The highest BCUT2D eigenvalue weighted by molar-refractivity contribution is 6.01. The van der Waals surface area contributed by atoms with E-state index in [9.17, 15) is 24.0 Å². The Labute approximate surface area is 353 Å². The number of amides is 6. The number of alkyl carbamates (subject to hydrolysis) is 1. The number of nitrogens with zero attached hydrogens (tertiary/aromatic N) is 1. The van der Waals surface area contributed by atoms with E-state index in [1.807, 2.05) is 67.6 Å². The fourth-order valence-electron chi connectivity index (χ4n) is 6.91. The minimum Gasteiger partial charge on any atom is -0.465 e. The SMILES string of the molecule is CCCCCC(=O)NC(Cc1ccccc1-c1ccccc1)(C(=O)NC(Cc1ccccc1)C(=O)NC(=O)N1CCOCC1)C(CNC(=O)OC(C)(C)C)COC(=O)CC. The molecule has 14 heteroatoms. The van der Waals surface area contributed by atoms with Crippen molar-refractivity contribution in [2.45, 2.75) is 96.7 Å².